The molecule has 0 N–H and O–H groups in total. The third-order valence-corrected chi connectivity index (χ3v) is 10.6. The maximum absolute atomic E-state index is 13.6. The largest absolute Gasteiger partial charge is 0.372 e. The Hall–Kier alpha value is -3.25. The molecule has 0 bridgehead atoms. The second-order valence-electron chi connectivity index (χ2n) is 11.0. The van der Waals surface area contributed by atoms with E-state index in [2.05, 4.69) is 9.89 Å². The molecule has 0 spiro atoms. The van der Waals surface area contributed by atoms with Gasteiger partial charge in [0.2, 0.25) is 10.0 Å². The highest BCUT2D eigenvalue weighted by Crippen LogP contribution is 2.35. The molecule has 0 radical (unpaired) electrons. The van der Waals surface area contributed by atoms with E-state index >= 15 is 0 Å². The Morgan fingerprint density at radius 3 is 2.38 bits per heavy atom. The summed E-state index contributed by atoms with van der Waals surface area (Å²) >= 11 is 1.35. The number of sulfonamides is 1. The van der Waals surface area contributed by atoms with Gasteiger partial charge in [0.1, 0.15) is 5.69 Å². The first-order valence-electron chi connectivity index (χ1n) is 14.5. The minimum absolute atomic E-state index is 0.0498. The zero-order chi connectivity index (χ0) is 29.3. The van der Waals surface area contributed by atoms with Crippen LogP contribution in [0, 0.1) is 0 Å². The van der Waals surface area contributed by atoms with Crippen molar-refractivity contribution in [3.05, 3.63) is 71.3 Å². The molecule has 9 nitrogen and oxygen atoms in total. The molecule has 3 aliphatic rings. The van der Waals surface area contributed by atoms with Gasteiger partial charge < -0.3 is 9.64 Å². The van der Waals surface area contributed by atoms with Gasteiger partial charge in [-0.05, 0) is 68.8 Å². The van der Waals surface area contributed by atoms with Crippen LogP contribution in [0.2, 0.25) is 0 Å². The minimum Gasteiger partial charge on any atom is -0.372 e. The van der Waals surface area contributed by atoms with Crippen molar-refractivity contribution in [1.82, 2.24) is 19.0 Å². The zero-order valence-electron chi connectivity index (χ0n) is 23.8. The second-order valence-corrected chi connectivity index (χ2v) is 14.0. The Kier molecular flexibility index (Phi) is 8.35. The second kappa shape index (κ2) is 12.2. The molecule has 3 aliphatic heterocycles. The SMILES string of the molecule is CC1CN(C2=NC(=O)/C(=C/c3cn(-c4ccccc4)nc3-c3cccc(S(=O)(=O)N4CCCCCC4)c3)S2)CC(C)O1. The van der Waals surface area contributed by atoms with Crippen molar-refractivity contribution >= 4 is 38.9 Å². The molecule has 1 amide bonds. The molecule has 2 atom stereocenters. The first kappa shape index (κ1) is 28.9. The van der Waals surface area contributed by atoms with Crippen molar-refractivity contribution in [1.29, 1.82) is 0 Å². The normalized spacial score (nSPS) is 23.3. The van der Waals surface area contributed by atoms with Gasteiger partial charge in [0.25, 0.3) is 5.91 Å². The number of morpholine rings is 1. The van der Waals surface area contributed by atoms with Crippen molar-refractivity contribution in [3.8, 4) is 16.9 Å². The summed E-state index contributed by atoms with van der Waals surface area (Å²) in [5.41, 5.74) is 2.82. The maximum atomic E-state index is 13.6. The van der Waals surface area contributed by atoms with E-state index in [9.17, 15) is 13.2 Å². The number of para-hydroxylation sites is 1. The van der Waals surface area contributed by atoms with Crippen LogP contribution in [0.4, 0.5) is 0 Å². The van der Waals surface area contributed by atoms with Gasteiger partial charge in [-0.15, -0.1) is 0 Å². The zero-order valence-corrected chi connectivity index (χ0v) is 25.5. The van der Waals surface area contributed by atoms with Crippen molar-refractivity contribution < 1.29 is 17.9 Å². The molecule has 6 rings (SSSR count). The van der Waals surface area contributed by atoms with Gasteiger partial charge in [-0.2, -0.15) is 14.4 Å². The number of rotatable bonds is 5. The lowest BCUT2D eigenvalue weighted by atomic mass is 10.1. The average molecular weight is 606 g/mol. The summed E-state index contributed by atoms with van der Waals surface area (Å²) in [4.78, 5) is 20.3. The quantitative estimate of drug-likeness (QED) is 0.370. The average Bonchev–Trinajstić information content (AvgIpc) is 3.44. The Balaban J connectivity index is 1.36. The van der Waals surface area contributed by atoms with Crippen LogP contribution in [0.1, 0.15) is 45.1 Å². The van der Waals surface area contributed by atoms with E-state index in [0.717, 1.165) is 31.4 Å². The summed E-state index contributed by atoms with van der Waals surface area (Å²) in [7, 11) is -3.64. The lowest BCUT2D eigenvalue weighted by Crippen LogP contribution is -2.47. The van der Waals surface area contributed by atoms with Gasteiger partial charge in [-0.1, -0.05) is 43.2 Å². The van der Waals surface area contributed by atoms with E-state index in [4.69, 9.17) is 9.84 Å². The van der Waals surface area contributed by atoms with Crippen LogP contribution in [0.3, 0.4) is 0 Å². The number of thioether (sulfide) groups is 1. The highest BCUT2D eigenvalue weighted by atomic mass is 32.2. The fraction of sp³-hybridized carbons (Fsp3) is 0.387. The summed E-state index contributed by atoms with van der Waals surface area (Å²) in [6.07, 6.45) is 7.63. The van der Waals surface area contributed by atoms with Crippen LogP contribution in [0.25, 0.3) is 23.0 Å². The predicted molar refractivity (Wildman–Crippen MR) is 166 cm³/mol. The summed E-state index contributed by atoms with van der Waals surface area (Å²) in [6.45, 7) is 6.46. The van der Waals surface area contributed by atoms with Gasteiger partial charge >= 0.3 is 0 Å². The number of nitrogens with zero attached hydrogens (tertiary/aromatic N) is 5. The van der Waals surface area contributed by atoms with Crippen molar-refractivity contribution in [2.45, 2.75) is 56.6 Å². The number of amides is 1. The Morgan fingerprint density at radius 2 is 1.67 bits per heavy atom. The fourth-order valence-corrected chi connectivity index (χ4v) is 8.16. The molecule has 0 aliphatic carbocycles. The van der Waals surface area contributed by atoms with E-state index in [1.165, 1.54) is 11.8 Å². The molecule has 2 aromatic carbocycles. The van der Waals surface area contributed by atoms with Crippen LogP contribution >= 0.6 is 11.8 Å². The number of hydrogen-bond acceptors (Lipinski definition) is 7. The Bertz CT molecular complexity index is 1620. The van der Waals surface area contributed by atoms with Crippen molar-refractivity contribution in [2.24, 2.45) is 4.99 Å². The van der Waals surface area contributed by atoms with Crippen LogP contribution in [-0.2, 0) is 19.6 Å². The van der Waals surface area contributed by atoms with Crippen LogP contribution in [0.5, 0.6) is 0 Å². The van der Waals surface area contributed by atoms with Crippen LogP contribution in [0.15, 0.2) is 75.6 Å². The number of hydrogen-bond donors (Lipinski definition) is 0. The molecule has 0 saturated carbocycles. The van der Waals surface area contributed by atoms with Gasteiger partial charge in [-0.3, -0.25) is 4.79 Å². The molecular weight excluding hydrogens is 571 g/mol. The molecule has 2 unspecified atom stereocenters. The highest BCUT2D eigenvalue weighted by Gasteiger charge is 2.32. The fourth-order valence-electron chi connectivity index (χ4n) is 5.67. The van der Waals surface area contributed by atoms with Crippen LogP contribution in [-0.4, -0.2) is 76.9 Å². The van der Waals surface area contributed by atoms with Gasteiger partial charge in [0.15, 0.2) is 5.17 Å². The first-order valence-corrected chi connectivity index (χ1v) is 16.7. The smallest absolute Gasteiger partial charge is 0.286 e. The topological polar surface area (TPSA) is 97.1 Å². The number of carbonyl (C=O) groups is 1. The number of aliphatic imine (C=N–C) groups is 1. The van der Waals surface area contributed by atoms with Gasteiger partial charge in [0.05, 0.1) is 27.7 Å². The summed E-state index contributed by atoms with van der Waals surface area (Å²) in [5, 5.41) is 5.55. The lowest BCUT2D eigenvalue weighted by molar-refractivity contribution is -0.113. The first-order chi connectivity index (χ1) is 20.3. The van der Waals surface area contributed by atoms with E-state index in [1.54, 1.807) is 27.2 Å². The molecule has 42 heavy (non-hydrogen) atoms. The molecule has 4 heterocycles. The lowest BCUT2D eigenvalue weighted by Gasteiger charge is -2.35. The maximum Gasteiger partial charge on any atom is 0.286 e. The standard InChI is InChI=1S/C31H35N5O4S2/c1-22-19-34(20-23(2)40-22)31-32-30(37)28(41-31)18-25-21-36(26-12-6-5-7-13-26)33-29(25)24-11-10-14-27(17-24)42(38,39)35-15-8-3-4-9-16-35/h5-7,10-14,17-18,21-23H,3-4,8-9,15-16,19-20H2,1-2H3/b28-18-. The number of aromatic nitrogens is 2. The molecule has 2 saturated heterocycles. The predicted octanol–water partition coefficient (Wildman–Crippen LogP) is 5.18. The third kappa shape index (κ3) is 6.10. The molecule has 11 heteroatoms. The van der Waals surface area contributed by atoms with E-state index < -0.39 is 10.0 Å². The van der Waals surface area contributed by atoms with Crippen LogP contribution < -0.4 is 0 Å². The van der Waals surface area contributed by atoms with Gasteiger partial charge in [-0.25, -0.2) is 13.1 Å². The molecule has 2 fully saturated rings. The summed E-state index contributed by atoms with van der Waals surface area (Å²) in [5.74, 6) is -0.294. The van der Waals surface area contributed by atoms with E-state index in [1.807, 2.05) is 62.5 Å². The summed E-state index contributed by atoms with van der Waals surface area (Å²) < 4.78 is 36.4. The molecular formula is C31H35N5O4S2. The summed E-state index contributed by atoms with van der Waals surface area (Å²) in [6, 6.07) is 16.7. The van der Waals surface area contributed by atoms with E-state index in [-0.39, 0.29) is 23.0 Å². The number of ether oxygens (including phenoxy) is 1. The molecule has 220 valence electrons. The van der Waals surface area contributed by atoms with Crippen molar-refractivity contribution in [3.63, 3.8) is 0 Å². The van der Waals surface area contributed by atoms with E-state index in [0.29, 0.717) is 53.1 Å². The van der Waals surface area contributed by atoms with Gasteiger partial charge in [0, 0.05) is 43.5 Å². The van der Waals surface area contributed by atoms with Crippen molar-refractivity contribution in [2.75, 3.05) is 26.2 Å². The Morgan fingerprint density at radius 1 is 0.952 bits per heavy atom. The Labute approximate surface area is 251 Å². The third-order valence-electron chi connectivity index (χ3n) is 7.66. The number of carbonyl (C=O) groups excluding carboxylic acids is 1. The minimum atomic E-state index is -3.64. The number of amidine groups is 1. The monoisotopic (exact) mass is 605 g/mol. The molecule has 3 aromatic rings. The highest BCUT2D eigenvalue weighted by molar-refractivity contribution is 8.18. The number of benzene rings is 2. The molecule has 1 aromatic heterocycles.